The van der Waals surface area contributed by atoms with Gasteiger partial charge in [0, 0.05) is 17.0 Å². The second-order valence-corrected chi connectivity index (χ2v) is 6.62. The van der Waals surface area contributed by atoms with Crippen molar-refractivity contribution in [1.29, 1.82) is 0 Å². The predicted octanol–water partition coefficient (Wildman–Crippen LogP) is 5.82. The fourth-order valence-corrected chi connectivity index (χ4v) is 3.31. The Bertz CT molecular complexity index is 1110. The highest BCUT2D eigenvalue weighted by atomic mass is 16.3. The minimum absolute atomic E-state index is 0.654. The van der Waals surface area contributed by atoms with Crippen LogP contribution in [0.2, 0.25) is 0 Å². The molecule has 2 nitrogen and oxygen atoms in total. The molecule has 0 N–H and O–H groups in total. The van der Waals surface area contributed by atoms with Gasteiger partial charge in [-0.15, -0.1) is 0 Å². The number of hydrogen-bond donors (Lipinski definition) is 0. The third-order valence-corrected chi connectivity index (χ3v) is 4.52. The first-order valence-corrected chi connectivity index (χ1v) is 8.86. The van der Waals surface area contributed by atoms with E-state index in [0.717, 1.165) is 27.7 Å². The van der Waals surface area contributed by atoms with Crippen LogP contribution in [0.4, 0.5) is 0 Å². The van der Waals surface area contributed by atoms with Gasteiger partial charge >= 0.3 is 0 Å². The standard InChI is InChI=1S/C24H21NO/c1-17-13-18(2)24-21(25-16-19-9-5-3-6-10-19)15-22(26-23(24)14-17)20-11-7-4-8-12-20/h3-15H,16H2,1-2H3. The Morgan fingerprint density at radius 3 is 2.23 bits per heavy atom. The van der Waals surface area contributed by atoms with E-state index in [1.165, 1.54) is 16.7 Å². The summed E-state index contributed by atoms with van der Waals surface area (Å²) in [6, 6.07) is 26.9. The summed E-state index contributed by atoms with van der Waals surface area (Å²) in [6.07, 6.45) is 0. The van der Waals surface area contributed by atoms with E-state index in [1.54, 1.807) is 0 Å². The van der Waals surface area contributed by atoms with E-state index < -0.39 is 0 Å². The minimum Gasteiger partial charge on any atom is -0.456 e. The van der Waals surface area contributed by atoms with Crippen LogP contribution in [-0.2, 0) is 6.54 Å². The maximum atomic E-state index is 6.24. The third kappa shape index (κ3) is 3.31. The summed E-state index contributed by atoms with van der Waals surface area (Å²) < 4.78 is 6.24. The van der Waals surface area contributed by atoms with Crippen molar-refractivity contribution < 1.29 is 4.42 Å². The zero-order chi connectivity index (χ0) is 17.9. The van der Waals surface area contributed by atoms with Crippen molar-refractivity contribution in [3.8, 4) is 11.3 Å². The van der Waals surface area contributed by atoms with Crippen LogP contribution in [0, 0.1) is 13.8 Å². The number of nitrogens with zero attached hydrogens (tertiary/aromatic N) is 1. The molecule has 0 aliphatic carbocycles. The van der Waals surface area contributed by atoms with Crippen LogP contribution >= 0.6 is 0 Å². The van der Waals surface area contributed by atoms with Crippen LogP contribution in [0.3, 0.4) is 0 Å². The van der Waals surface area contributed by atoms with Gasteiger partial charge in [0.05, 0.1) is 11.9 Å². The Balaban J connectivity index is 1.94. The van der Waals surface area contributed by atoms with Crippen molar-refractivity contribution in [2.24, 2.45) is 4.99 Å². The SMILES string of the molecule is Cc1cc(C)c2c(=NCc3ccccc3)cc(-c3ccccc3)oc2c1. The summed E-state index contributed by atoms with van der Waals surface area (Å²) >= 11 is 0. The third-order valence-electron chi connectivity index (χ3n) is 4.52. The number of fused-ring (bicyclic) bond motifs is 1. The van der Waals surface area contributed by atoms with Gasteiger partial charge in [-0.3, -0.25) is 4.99 Å². The van der Waals surface area contributed by atoms with Gasteiger partial charge < -0.3 is 4.42 Å². The molecule has 0 atom stereocenters. The first-order chi connectivity index (χ1) is 12.7. The predicted molar refractivity (Wildman–Crippen MR) is 107 cm³/mol. The molecule has 0 spiro atoms. The van der Waals surface area contributed by atoms with Crippen molar-refractivity contribution in [2.45, 2.75) is 20.4 Å². The molecule has 0 aliphatic heterocycles. The molecule has 2 heteroatoms. The Morgan fingerprint density at radius 2 is 1.50 bits per heavy atom. The molecule has 0 unspecified atom stereocenters. The molecule has 1 aromatic heterocycles. The van der Waals surface area contributed by atoms with Gasteiger partial charge in [-0.2, -0.15) is 0 Å². The van der Waals surface area contributed by atoms with Crippen LogP contribution in [-0.4, -0.2) is 0 Å². The van der Waals surface area contributed by atoms with Crippen molar-refractivity contribution in [3.63, 3.8) is 0 Å². The lowest BCUT2D eigenvalue weighted by atomic mass is 10.0. The number of benzene rings is 3. The van der Waals surface area contributed by atoms with E-state index in [4.69, 9.17) is 9.41 Å². The summed E-state index contributed by atoms with van der Waals surface area (Å²) in [6.45, 7) is 4.87. The van der Waals surface area contributed by atoms with E-state index in [2.05, 4.69) is 56.3 Å². The monoisotopic (exact) mass is 339 g/mol. The van der Waals surface area contributed by atoms with Crippen LogP contribution in [0.1, 0.15) is 16.7 Å². The average Bonchev–Trinajstić information content (AvgIpc) is 2.67. The molecule has 1 heterocycles. The minimum atomic E-state index is 0.654. The Hall–Kier alpha value is -3.13. The summed E-state index contributed by atoms with van der Waals surface area (Å²) in [5.41, 5.74) is 5.53. The molecule has 4 aromatic rings. The van der Waals surface area contributed by atoms with E-state index >= 15 is 0 Å². The van der Waals surface area contributed by atoms with Gasteiger partial charge in [0.15, 0.2) is 0 Å². The van der Waals surface area contributed by atoms with E-state index in [-0.39, 0.29) is 0 Å². The second-order valence-electron chi connectivity index (χ2n) is 6.62. The molecule has 0 saturated carbocycles. The number of aryl methyl sites for hydroxylation is 2. The molecule has 0 radical (unpaired) electrons. The van der Waals surface area contributed by atoms with Crippen molar-refractivity contribution in [2.75, 3.05) is 0 Å². The Labute approximate surface area is 153 Å². The molecule has 3 aromatic carbocycles. The highest BCUT2D eigenvalue weighted by Gasteiger charge is 2.08. The van der Waals surface area contributed by atoms with E-state index in [1.807, 2.05) is 36.4 Å². The van der Waals surface area contributed by atoms with Crippen molar-refractivity contribution in [1.82, 2.24) is 0 Å². The van der Waals surface area contributed by atoms with E-state index in [0.29, 0.717) is 6.54 Å². The fraction of sp³-hybridized carbons (Fsp3) is 0.125. The second kappa shape index (κ2) is 7.01. The Morgan fingerprint density at radius 1 is 0.808 bits per heavy atom. The van der Waals surface area contributed by atoms with Crippen molar-refractivity contribution >= 4 is 11.0 Å². The number of hydrogen-bond acceptors (Lipinski definition) is 2. The molecule has 0 aliphatic rings. The zero-order valence-electron chi connectivity index (χ0n) is 15.1. The maximum Gasteiger partial charge on any atom is 0.137 e. The molecule has 128 valence electrons. The van der Waals surface area contributed by atoms with Crippen LogP contribution < -0.4 is 5.36 Å². The molecule has 0 bridgehead atoms. The summed E-state index contributed by atoms with van der Waals surface area (Å²) in [5.74, 6) is 0.843. The van der Waals surface area contributed by atoms with Gasteiger partial charge in [-0.1, -0.05) is 66.7 Å². The highest BCUT2D eigenvalue weighted by molar-refractivity contribution is 5.82. The highest BCUT2D eigenvalue weighted by Crippen LogP contribution is 2.24. The molecular weight excluding hydrogens is 318 g/mol. The van der Waals surface area contributed by atoms with E-state index in [9.17, 15) is 0 Å². The average molecular weight is 339 g/mol. The molecule has 26 heavy (non-hydrogen) atoms. The first-order valence-electron chi connectivity index (χ1n) is 8.86. The quantitative estimate of drug-likeness (QED) is 0.462. The summed E-state index contributed by atoms with van der Waals surface area (Å²) in [7, 11) is 0. The molecular formula is C24H21NO. The normalized spacial score (nSPS) is 11.8. The van der Waals surface area contributed by atoms with Gasteiger partial charge in [-0.05, 0) is 36.6 Å². The van der Waals surface area contributed by atoms with Crippen molar-refractivity contribution in [3.05, 3.63) is 101 Å². The van der Waals surface area contributed by atoms with Gasteiger partial charge in [-0.25, -0.2) is 0 Å². The lowest BCUT2D eigenvalue weighted by Gasteiger charge is -2.08. The van der Waals surface area contributed by atoms with Crippen LogP contribution in [0.15, 0.2) is 88.3 Å². The summed E-state index contributed by atoms with van der Waals surface area (Å²) in [5, 5.41) is 2.07. The largest absolute Gasteiger partial charge is 0.456 e. The van der Waals surface area contributed by atoms with Crippen LogP contribution in [0.5, 0.6) is 0 Å². The zero-order valence-corrected chi connectivity index (χ0v) is 15.1. The lowest BCUT2D eigenvalue weighted by Crippen LogP contribution is -2.06. The first kappa shape index (κ1) is 16.3. The fourth-order valence-electron chi connectivity index (χ4n) is 3.31. The number of rotatable bonds is 3. The van der Waals surface area contributed by atoms with Gasteiger partial charge in [0.1, 0.15) is 11.3 Å². The maximum absolute atomic E-state index is 6.24. The topological polar surface area (TPSA) is 25.5 Å². The molecule has 0 amide bonds. The Kier molecular flexibility index (Phi) is 4.40. The molecule has 4 rings (SSSR count). The molecule has 0 fully saturated rings. The lowest BCUT2D eigenvalue weighted by molar-refractivity contribution is 0.617. The molecule has 0 saturated heterocycles. The smallest absolute Gasteiger partial charge is 0.137 e. The van der Waals surface area contributed by atoms with Gasteiger partial charge in [0.25, 0.3) is 0 Å². The summed E-state index contributed by atoms with van der Waals surface area (Å²) in [4.78, 5) is 4.92. The van der Waals surface area contributed by atoms with Crippen LogP contribution in [0.25, 0.3) is 22.3 Å². The van der Waals surface area contributed by atoms with Gasteiger partial charge in [0.2, 0.25) is 0 Å².